The van der Waals surface area contributed by atoms with Gasteiger partial charge in [0.15, 0.2) is 0 Å². The fraction of sp³-hybridized carbons (Fsp3) is 0.533. The molecule has 0 unspecified atom stereocenters. The van der Waals surface area contributed by atoms with Gasteiger partial charge in [0, 0.05) is 26.2 Å². The summed E-state index contributed by atoms with van der Waals surface area (Å²) in [6, 6.07) is 8.58. The molecule has 0 atom stereocenters. The van der Waals surface area contributed by atoms with E-state index in [0.717, 1.165) is 12.1 Å². The summed E-state index contributed by atoms with van der Waals surface area (Å²) in [5.74, 6) is -0.749. The first-order valence-electron chi connectivity index (χ1n) is 6.55. The number of methoxy groups -OCH3 is 1. The Bertz CT molecular complexity index is 387. The van der Waals surface area contributed by atoms with E-state index in [1.807, 2.05) is 0 Å². The van der Waals surface area contributed by atoms with Crippen LogP contribution in [0.3, 0.4) is 0 Å². The molecule has 0 heterocycles. The van der Waals surface area contributed by atoms with Crippen LogP contribution in [0.4, 0.5) is 0 Å². The van der Waals surface area contributed by atoms with E-state index >= 15 is 0 Å². The van der Waals surface area contributed by atoms with Gasteiger partial charge in [-0.15, -0.1) is 0 Å². The van der Waals surface area contributed by atoms with Crippen LogP contribution in [0.15, 0.2) is 24.3 Å². The maximum atomic E-state index is 10.7. The van der Waals surface area contributed by atoms with E-state index in [1.165, 1.54) is 5.56 Å². The molecule has 0 spiro atoms. The maximum absolute atomic E-state index is 10.7. The van der Waals surface area contributed by atoms with Gasteiger partial charge in [-0.2, -0.15) is 0 Å². The van der Waals surface area contributed by atoms with Gasteiger partial charge in [0.2, 0.25) is 0 Å². The second kappa shape index (κ2) is 7.92. The molecule has 0 saturated heterocycles. The van der Waals surface area contributed by atoms with Gasteiger partial charge in [0.1, 0.15) is 0 Å². The van der Waals surface area contributed by atoms with Gasteiger partial charge in [-0.3, -0.25) is 9.69 Å². The molecule has 19 heavy (non-hydrogen) atoms. The number of carboxylic acids is 1. The molecule has 1 rings (SSSR count). The lowest BCUT2D eigenvalue weighted by atomic mass is 10.1. The summed E-state index contributed by atoms with van der Waals surface area (Å²) in [4.78, 5) is 12.8. The van der Waals surface area contributed by atoms with E-state index in [-0.39, 0.29) is 6.42 Å². The van der Waals surface area contributed by atoms with Crippen LogP contribution in [0.2, 0.25) is 0 Å². The number of hydrogen-bond acceptors (Lipinski definition) is 3. The van der Waals surface area contributed by atoms with E-state index in [4.69, 9.17) is 9.84 Å². The van der Waals surface area contributed by atoms with Crippen LogP contribution < -0.4 is 0 Å². The van der Waals surface area contributed by atoms with Crippen molar-refractivity contribution in [1.82, 2.24) is 4.90 Å². The van der Waals surface area contributed by atoms with Crippen molar-refractivity contribution in [1.29, 1.82) is 0 Å². The summed E-state index contributed by atoms with van der Waals surface area (Å²) >= 11 is 0. The predicted octanol–water partition coefficient (Wildman–Crippen LogP) is 2.52. The van der Waals surface area contributed by atoms with Crippen molar-refractivity contribution in [3.05, 3.63) is 35.4 Å². The molecule has 0 aliphatic carbocycles. The van der Waals surface area contributed by atoms with Crippen molar-refractivity contribution >= 4 is 5.97 Å². The standard InChI is InChI=1S/C15H23NO3/c1-12(2)16(9-8-15(17)18)10-13-4-6-14(7-5-13)11-19-3/h4-7,12H,8-11H2,1-3H3,(H,17,18). The summed E-state index contributed by atoms with van der Waals surface area (Å²) in [5.41, 5.74) is 2.34. The van der Waals surface area contributed by atoms with Gasteiger partial charge in [-0.05, 0) is 25.0 Å². The number of carboxylic acid groups (broad SMARTS) is 1. The second-order valence-electron chi connectivity index (χ2n) is 4.96. The summed E-state index contributed by atoms with van der Waals surface area (Å²) in [6.07, 6.45) is 0.180. The van der Waals surface area contributed by atoms with E-state index in [1.54, 1.807) is 7.11 Å². The molecule has 0 amide bonds. The second-order valence-corrected chi connectivity index (χ2v) is 4.96. The molecule has 4 nitrogen and oxygen atoms in total. The number of carbonyl (C=O) groups is 1. The van der Waals surface area contributed by atoms with Crippen LogP contribution >= 0.6 is 0 Å². The van der Waals surface area contributed by atoms with E-state index in [0.29, 0.717) is 19.2 Å². The highest BCUT2D eigenvalue weighted by molar-refractivity contribution is 5.66. The Balaban J connectivity index is 2.60. The first-order chi connectivity index (χ1) is 9.02. The van der Waals surface area contributed by atoms with Gasteiger partial charge in [-0.25, -0.2) is 0 Å². The molecular formula is C15H23NO3. The van der Waals surface area contributed by atoms with Crippen molar-refractivity contribution in [3.8, 4) is 0 Å². The van der Waals surface area contributed by atoms with Crippen LogP contribution in [0, 0.1) is 0 Å². The third-order valence-electron chi connectivity index (χ3n) is 3.06. The lowest BCUT2D eigenvalue weighted by Gasteiger charge is -2.25. The highest BCUT2D eigenvalue weighted by atomic mass is 16.5. The van der Waals surface area contributed by atoms with Crippen LogP contribution in [0.25, 0.3) is 0 Å². The molecule has 0 aliphatic heterocycles. The zero-order valence-corrected chi connectivity index (χ0v) is 11.9. The molecule has 1 N–H and O–H groups in total. The monoisotopic (exact) mass is 265 g/mol. The fourth-order valence-electron chi connectivity index (χ4n) is 1.90. The third kappa shape index (κ3) is 5.85. The zero-order chi connectivity index (χ0) is 14.3. The number of nitrogens with zero attached hydrogens (tertiary/aromatic N) is 1. The van der Waals surface area contributed by atoms with Crippen molar-refractivity contribution < 1.29 is 14.6 Å². The Kier molecular flexibility index (Phi) is 6.53. The average molecular weight is 265 g/mol. The van der Waals surface area contributed by atoms with Crippen LogP contribution in [-0.4, -0.2) is 35.7 Å². The van der Waals surface area contributed by atoms with Crippen molar-refractivity contribution in [3.63, 3.8) is 0 Å². The summed E-state index contributed by atoms with van der Waals surface area (Å²) < 4.78 is 5.08. The average Bonchev–Trinajstić information content (AvgIpc) is 2.36. The Morgan fingerprint density at radius 1 is 1.26 bits per heavy atom. The summed E-state index contributed by atoms with van der Waals surface area (Å²) in [7, 11) is 1.68. The minimum Gasteiger partial charge on any atom is -0.481 e. The summed E-state index contributed by atoms with van der Waals surface area (Å²) in [6.45, 7) is 6.14. The van der Waals surface area contributed by atoms with E-state index in [9.17, 15) is 4.79 Å². The third-order valence-corrected chi connectivity index (χ3v) is 3.06. The molecule has 0 bridgehead atoms. The first kappa shape index (κ1) is 15.7. The van der Waals surface area contributed by atoms with Crippen LogP contribution in [0.1, 0.15) is 31.4 Å². The predicted molar refractivity (Wildman–Crippen MR) is 75.0 cm³/mol. The highest BCUT2D eigenvalue weighted by Crippen LogP contribution is 2.11. The maximum Gasteiger partial charge on any atom is 0.304 e. The van der Waals surface area contributed by atoms with Gasteiger partial charge in [0.25, 0.3) is 0 Å². The zero-order valence-electron chi connectivity index (χ0n) is 11.9. The van der Waals surface area contributed by atoms with Crippen molar-refractivity contribution in [2.45, 2.75) is 39.5 Å². The smallest absolute Gasteiger partial charge is 0.304 e. The Hall–Kier alpha value is -1.39. The largest absolute Gasteiger partial charge is 0.481 e. The molecule has 0 aliphatic rings. The van der Waals surface area contributed by atoms with Crippen molar-refractivity contribution in [2.75, 3.05) is 13.7 Å². The first-order valence-corrected chi connectivity index (χ1v) is 6.55. The molecule has 1 aromatic carbocycles. The van der Waals surface area contributed by atoms with Gasteiger partial charge >= 0.3 is 5.97 Å². The van der Waals surface area contributed by atoms with E-state index < -0.39 is 5.97 Å². The van der Waals surface area contributed by atoms with Gasteiger partial charge in [0.05, 0.1) is 13.0 Å². The molecule has 4 heteroatoms. The molecular weight excluding hydrogens is 242 g/mol. The van der Waals surface area contributed by atoms with Gasteiger partial charge < -0.3 is 9.84 Å². The quantitative estimate of drug-likeness (QED) is 0.784. The number of ether oxygens (including phenoxy) is 1. The molecule has 106 valence electrons. The van der Waals surface area contributed by atoms with Crippen molar-refractivity contribution in [2.24, 2.45) is 0 Å². The lowest BCUT2D eigenvalue weighted by Crippen LogP contribution is -2.32. The lowest BCUT2D eigenvalue weighted by molar-refractivity contribution is -0.137. The number of benzene rings is 1. The normalized spacial score (nSPS) is 11.2. The molecule has 0 radical (unpaired) electrons. The topological polar surface area (TPSA) is 49.8 Å². The molecule has 0 aromatic heterocycles. The minimum atomic E-state index is -0.749. The number of aliphatic carboxylic acids is 1. The van der Waals surface area contributed by atoms with Crippen LogP contribution in [0.5, 0.6) is 0 Å². The molecule has 0 saturated carbocycles. The number of rotatable bonds is 8. The fourth-order valence-corrected chi connectivity index (χ4v) is 1.90. The minimum absolute atomic E-state index is 0.180. The molecule has 1 aromatic rings. The Labute approximate surface area is 115 Å². The molecule has 0 fully saturated rings. The SMILES string of the molecule is COCc1ccc(CN(CCC(=O)O)C(C)C)cc1. The van der Waals surface area contributed by atoms with Crippen LogP contribution in [-0.2, 0) is 22.7 Å². The highest BCUT2D eigenvalue weighted by Gasteiger charge is 2.11. The number of hydrogen-bond donors (Lipinski definition) is 1. The summed E-state index contributed by atoms with van der Waals surface area (Å²) in [5, 5.41) is 8.77. The Morgan fingerprint density at radius 2 is 1.84 bits per heavy atom. The Morgan fingerprint density at radius 3 is 2.32 bits per heavy atom. The van der Waals surface area contributed by atoms with Gasteiger partial charge in [-0.1, -0.05) is 24.3 Å². The van der Waals surface area contributed by atoms with E-state index in [2.05, 4.69) is 43.0 Å².